The monoisotopic (exact) mass is 534 g/mol. The maximum Gasteiger partial charge on any atom is 0.264 e. The number of para-hydroxylation sites is 1. The molecule has 188 valence electrons. The van der Waals surface area contributed by atoms with Crippen molar-refractivity contribution in [1.29, 1.82) is 4.78 Å². The quantitative estimate of drug-likeness (QED) is 0.284. The van der Waals surface area contributed by atoms with E-state index in [1.54, 1.807) is 56.3 Å². The number of rotatable bonds is 6. The SMILES string of the molecule is CCS(=N)(=O)c1cccc2c(Cl)c([C@H](C)Nc3ncnc4[nH]ccc(=O)c34)n(-c3ccccc3)c(=O)c12. The molecule has 3 N–H and O–H groups in total. The molecule has 2 aromatic carbocycles. The van der Waals surface area contributed by atoms with Crippen molar-refractivity contribution >= 4 is 49.0 Å². The summed E-state index contributed by atoms with van der Waals surface area (Å²) < 4.78 is 23.0. The Balaban J connectivity index is 1.82. The third-order valence-electron chi connectivity index (χ3n) is 6.23. The first-order valence-electron chi connectivity index (χ1n) is 11.5. The van der Waals surface area contributed by atoms with Gasteiger partial charge in [-0.3, -0.25) is 14.2 Å². The maximum absolute atomic E-state index is 14.1. The van der Waals surface area contributed by atoms with Crippen molar-refractivity contribution in [2.24, 2.45) is 0 Å². The first kappa shape index (κ1) is 24.7. The molecular formula is C26H23ClN6O3S. The zero-order chi connectivity index (χ0) is 26.3. The molecule has 0 bridgehead atoms. The molecule has 0 aliphatic heterocycles. The summed E-state index contributed by atoms with van der Waals surface area (Å²) in [5, 5.41) is 4.33. The molecule has 3 aromatic heterocycles. The molecule has 0 aliphatic carbocycles. The summed E-state index contributed by atoms with van der Waals surface area (Å²) in [6.45, 7) is 3.46. The molecule has 5 rings (SSSR count). The highest BCUT2D eigenvalue weighted by Crippen LogP contribution is 2.35. The van der Waals surface area contributed by atoms with E-state index in [9.17, 15) is 13.8 Å². The molecule has 2 atom stereocenters. The van der Waals surface area contributed by atoms with Gasteiger partial charge in [-0.1, -0.05) is 48.9 Å². The lowest BCUT2D eigenvalue weighted by molar-refractivity contribution is 0.676. The fourth-order valence-corrected chi connectivity index (χ4v) is 5.97. The lowest BCUT2D eigenvalue weighted by atomic mass is 10.1. The van der Waals surface area contributed by atoms with Gasteiger partial charge in [-0.2, -0.15) is 0 Å². The Morgan fingerprint density at radius 2 is 1.84 bits per heavy atom. The highest BCUT2D eigenvalue weighted by molar-refractivity contribution is 7.92. The smallest absolute Gasteiger partial charge is 0.264 e. The second-order valence-corrected chi connectivity index (χ2v) is 11.2. The van der Waals surface area contributed by atoms with Crippen LogP contribution in [0.3, 0.4) is 0 Å². The number of aromatic nitrogens is 4. The van der Waals surface area contributed by atoms with Gasteiger partial charge in [-0.25, -0.2) is 19.0 Å². The van der Waals surface area contributed by atoms with Gasteiger partial charge in [-0.15, -0.1) is 0 Å². The molecule has 0 spiro atoms. The largest absolute Gasteiger partial charge is 0.361 e. The van der Waals surface area contributed by atoms with E-state index in [4.69, 9.17) is 16.4 Å². The average molecular weight is 535 g/mol. The number of hydrogen-bond acceptors (Lipinski definition) is 7. The van der Waals surface area contributed by atoms with Crippen LogP contribution >= 0.6 is 11.6 Å². The molecule has 0 fully saturated rings. The summed E-state index contributed by atoms with van der Waals surface area (Å²) in [7, 11) is -3.22. The Hall–Kier alpha value is -4.02. The zero-order valence-corrected chi connectivity index (χ0v) is 21.6. The van der Waals surface area contributed by atoms with Gasteiger partial charge in [0.2, 0.25) is 0 Å². The highest BCUT2D eigenvalue weighted by Gasteiger charge is 2.25. The lowest BCUT2D eigenvalue weighted by Crippen LogP contribution is -2.27. The van der Waals surface area contributed by atoms with Crippen molar-refractivity contribution in [2.45, 2.75) is 24.8 Å². The number of halogens is 1. The first-order chi connectivity index (χ1) is 17.7. The van der Waals surface area contributed by atoms with E-state index in [1.165, 1.54) is 23.2 Å². The van der Waals surface area contributed by atoms with E-state index in [2.05, 4.69) is 20.3 Å². The van der Waals surface area contributed by atoms with Crippen LogP contribution < -0.4 is 16.3 Å². The Kier molecular flexibility index (Phi) is 6.30. The van der Waals surface area contributed by atoms with Crippen LogP contribution in [0.2, 0.25) is 5.02 Å². The summed E-state index contributed by atoms with van der Waals surface area (Å²) in [6, 6.07) is 14.6. The Morgan fingerprint density at radius 1 is 1.08 bits per heavy atom. The molecule has 0 saturated carbocycles. The normalized spacial score (nSPS) is 13.9. The molecule has 1 unspecified atom stereocenters. The van der Waals surface area contributed by atoms with Gasteiger partial charge in [-0.05, 0) is 25.1 Å². The van der Waals surface area contributed by atoms with E-state index in [0.717, 1.165) is 0 Å². The first-order valence-corrected chi connectivity index (χ1v) is 13.6. The predicted octanol–water partition coefficient (Wildman–Crippen LogP) is 4.87. The Bertz CT molecular complexity index is 1880. The van der Waals surface area contributed by atoms with Gasteiger partial charge >= 0.3 is 0 Å². The number of nitrogens with zero attached hydrogens (tertiary/aromatic N) is 3. The minimum Gasteiger partial charge on any atom is -0.361 e. The van der Waals surface area contributed by atoms with Crippen LogP contribution in [0.25, 0.3) is 27.5 Å². The maximum atomic E-state index is 14.1. The Morgan fingerprint density at radius 3 is 2.57 bits per heavy atom. The molecule has 11 heteroatoms. The molecule has 37 heavy (non-hydrogen) atoms. The average Bonchev–Trinajstić information content (AvgIpc) is 2.90. The zero-order valence-electron chi connectivity index (χ0n) is 20.0. The molecule has 0 saturated heterocycles. The van der Waals surface area contributed by atoms with Crippen LogP contribution in [-0.2, 0) is 9.73 Å². The van der Waals surface area contributed by atoms with Crippen LogP contribution in [0.4, 0.5) is 5.82 Å². The fourth-order valence-electron chi connectivity index (χ4n) is 4.43. The number of hydrogen-bond donors (Lipinski definition) is 3. The number of fused-ring (bicyclic) bond motifs is 2. The number of H-pyrrole nitrogens is 1. The highest BCUT2D eigenvalue weighted by atomic mass is 35.5. The minimum absolute atomic E-state index is 0.0591. The molecule has 0 amide bonds. The summed E-state index contributed by atoms with van der Waals surface area (Å²) in [4.78, 5) is 38.2. The summed E-state index contributed by atoms with van der Waals surface area (Å²) in [5.41, 5.74) is 0.645. The number of aromatic amines is 1. The second-order valence-electron chi connectivity index (χ2n) is 8.47. The topological polar surface area (TPSA) is 134 Å². The number of nitrogens with one attached hydrogen (secondary N) is 3. The molecule has 0 radical (unpaired) electrons. The van der Waals surface area contributed by atoms with Crippen LogP contribution in [-0.4, -0.2) is 29.5 Å². The van der Waals surface area contributed by atoms with E-state index in [-0.39, 0.29) is 37.7 Å². The second kappa shape index (κ2) is 9.45. The third-order valence-corrected chi connectivity index (χ3v) is 8.49. The van der Waals surface area contributed by atoms with Crippen LogP contribution in [0.1, 0.15) is 25.6 Å². The summed E-state index contributed by atoms with van der Waals surface area (Å²) >= 11 is 6.99. The molecule has 5 aromatic rings. The molecule has 0 aliphatic rings. The van der Waals surface area contributed by atoms with Gasteiger partial charge in [0, 0.05) is 29.1 Å². The van der Waals surface area contributed by atoms with Gasteiger partial charge in [0.05, 0.1) is 36.8 Å². The van der Waals surface area contributed by atoms with Crippen LogP contribution in [0.15, 0.2) is 81.6 Å². The van der Waals surface area contributed by atoms with Gasteiger partial charge in [0.25, 0.3) is 5.56 Å². The van der Waals surface area contributed by atoms with Crippen molar-refractivity contribution in [3.05, 3.63) is 98.4 Å². The van der Waals surface area contributed by atoms with Gasteiger partial charge < -0.3 is 10.3 Å². The van der Waals surface area contributed by atoms with Crippen molar-refractivity contribution < 1.29 is 4.21 Å². The standard InChI is InChI=1S/C26H23ClN6O3S/c1-3-37(28,36)19-11-7-10-17-20(19)26(35)33(16-8-5-4-6-9-16)23(22(17)27)15(2)32-25-21-18(34)12-13-29-24(21)30-14-31-25/h4-15,28H,3H2,1-2H3,(H2,29,30,31,32,34)/t15-,37?/m0/s1. The van der Waals surface area contributed by atoms with Crippen molar-refractivity contribution in [3.63, 3.8) is 0 Å². The summed E-state index contributed by atoms with van der Waals surface area (Å²) in [5.74, 6) is 0.347. The van der Waals surface area contributed by atoms with E-state index in [0.29, 0.717) is 22.4 Å². The molecule has 3 heterocycles. The Labute approximate surface area is 217 Å². The number of benzene rings is 2. The van der Waals surface area contributed by atoms with E-state index >= 15 is 0 Å². The van der Waals surface area contributed by atoms with Crippen molar-refractivity contribution in [3.8, 4) is 5.69 Å². The predicted molar refractivity (Wildman–Crippen MR) is 146 cm³/mol. The third kappa shape index (κ3) is 4.17. The minimum atomic E-state index is -3.22. The molecule has 9 nitrogen and oxygen atoms in total. The number of pyridine rings is 2. The van der Waals surface area contributed by atoms with Gasteiger partial charge in [0.1, 0.15) is 23.2 Å². The van der Waals surface area contributed by atoms with Gasteiger partial charge in [0.15, 0.2) is 5.43 Å². The summed E-state index contributed by atoms with van der Waals surface area (Å²) in [6.07, 6.45) is 2.85. The van der Waals surface area contributed by atoms with Crippen molar-refractivity contribution in [2.75, 3.05) is 11.1 Å². The van der Waals surface area contributed by atoms with Crippen LogP contribution in [0, 0.1) is 4.78 Å². The van der Waals surface area contributed by atoms with E-state index < -0.39 is 21.3 Å². The van der Waals surface area contributed by atoms with Crippen LogP contribution in [0.5, 0.6) is 0 Å². The number of anilines is 1. The molecular weight excluding hydrogens is 512 g/mol. The lowest BCUT2D eigenvalue weighted by Gasteiger charge is -2.24. The van der Waals surface area contributed by atoms with E-state index in [1.807, 2.05) is 6.07 Å². The fraction of sp³-hybridized carbons (Fsp3) is 0.154. The van der Waals surface area contributed by atoms with Crippen molar-refractivity contribution in [1.82, 2.24) is 19.5 Å².